The van der Waals surface area contributed by atoms with Crippen molar-refractivity contribution < 1.29 is 9.53 Å². The fourth-order valence-corrected chi connectivity index (χ4v) is 2.95. The third-order valence-electron chi connectivity index (χ3n) is 4.03. The molecule has 1 saturated heterocycles. The second-order valence-electron chi connectivity index (χ2n) is 5.44. The highest BCUT2D eigenvalue weighted by Crippen LogP contribution is 2.31. The van der Waals surface area contributed by atoms with Crippen LogP contribution in [0, 0.1) is 6.92 Å². The van der Waals surface area contributed by atoms with E-state index in [2.05, 4.69) is 19.1 Å². The minimum absolute atomic E-state index is 0.0144. The van der Waals surface area contributed by atoms with Crippen LogP contribution >= 0.6 is 0 Å². The van der Waals surface area contributed by atoms with Crippen molar-refractivity contribution in [2.75, 3.05) is 20.3 Å². The predicted octanol–water partition coefficient (Wildman–Crippen LogP) is 2.02. The minimum Gasteiger partial charge on any atom is -0.383 e. The Balaban J connectivity index is 2.36. The number of methoxy groups -OCH3 is 1. The molecule has 1 fully saturated rings. The first-order valence-electron chi connectivity index (χ1n) is 7.24. The number of hydrogen-bond acceptors (Lipinski definition) is 3. The highest BCUT2D eigenvalue weighted by molar-refractivity contribution is 5.77. The van der Waals surface area contributed by atoms with Crippen LogP contribution in [0.15, 0.2) is 24.3 Å². The first-order chi connectivity index (χ1) is 9.65. The largest absolute Gasteiger partial charge is 0.383 e. The van der Waals surface area contributed by atoms with Gasteiger partial charge in [0.25, 0.3) is 0 Å². The van der Waals surface area contributed by atoms with E-state index < -0.39 is 0 Å². The Morgan fingerprint density at radius 3 is 2.85 bits per heavy atom. The van der Waals surface area contributed by atoms with Crippen molar-refractivity contribution in [2.45, 2.75) is 38.3 Å². The van der Waals surface area contributed by atoms with Crippen LogP contribution in [0.2, 0.25) is 0 Å². The molecule has 110 valence electrons. The van der Waals surface area contributed by atoms with Gasteiger partial charge in [-0.1, -0.05) is 24.3 Å². The van der Waals surface area contributed by atoms with E-state index in [0.29, 0.717) is 19.6 Å². The number of amides is 1. The molecule has 4 heteroatoms. The van der Waals surface area contributed by atoms with Gasteiger partial charge >= 0.3 is 0 Å². The van der Waals surface area contributed by atoms with Crippen LogP contribution in [0.25, 0.3) is 0 Å². The molecule has 1 heterocycles. The molecule has 0 bridgehead atoms. The zero-order chi connectivity index (χ0) is 14.5. The van der Waals surface area contributed by atoms with Gasteiger partial charge < -0.3 is 15.4 Å². The van der Waals surface area contributed by atoms with Gasteiger partial charge in [-0.05, 0) is 30.9 Å². The number of carbonyl (C=O) groups is 1. The Bertz CT molecular complexity index is 462. The Labute approximate surface area is 120 Å². The molecule has 1 aliphatic rings. The summed E-state index contributed by atoms with van der Waals surface area (Å²) in [6.45, 7) is 3.22. The fourth-order valence-electron chi connectivity index (χ4n) is 2.95. The zero-order valence-electron chi connectivity index (χ0n) is 12.3. The molecule has 1 amide bonds. The van der Waals surface area contributed by atoms with Gasteiger partial charge in [-0.25, -0.2) is 0 Å². The highest BCUT2D eigenvalue weighted by atomic mass is 16.5. The molecule has 1 aromatic carbocycles. The summed E-state index contributed by atoms with van der Waals surface area (Å²) in [6.07, 6.45) is 2.33. The van der Waals surface area contributed by atoms with E-state index in [1.807, 2.05) is 17.0 Å². The van der Waals surface area contributed by atoms with Crippen molar-refractivity contribution in [3.05, 3.63) is 35.4 Å². The van der Waals surface area contributed by atoms with Crippen molar-refractivity contribution in [3.8, 4) is 0 Å². The molecule has 0 spiro atoms. The van der Waals surface area contributed by atoms with E-state index in [1.165, 1.54) is 5.56 Å². The lowest BCUT2D eigenvalue weighted by atomic mass is 9.93. The highest BCUT2D eigenvalue weighted by Gasteiger charge is 2.33. The summed E-state index contributed by atoms with van der Waals surface area (Å²) in [4.78, 5) is 14.3. The molecule has 0 radical (unpaired) electrons. The van der Waals surface area contributed by atoms with Gasteiger partial charge in [0.15, 0.2) is 0 Å². The Kier molecular flexibility index (Phi) is 5.15. The van der Waals surface area contributed by atoms with Gasteiger partial charge in [0.1, 0.15) is 0 Å². The summed E-state index contributed by atoms with van der Waals surface area (Å²) < 4.78 is 5.15. The molecule has 1 aliphatic heterocycles. The van der Waals surface area contributed by atoms with Crippen LogP contribution in [0.1, 0.15) is 36.4 Å². The summed E-state index contributed by atoms with van der Waals surface area (Å²) in [7, 11) is 1.66. The molecule has 2 atom stereocenters. The quantitative estimate of drug-likeness (QED) is 0.915. The second kappa shape index (κ2) is 6.86. The summed E-state index contributed by atoms with van der Waals surface area (Å²) in [5.74, 6) is 0.184. The average Bonchev–Trinajstić information content (AvgIpc) is 2.57. The van der Waals surface area contributed by atoms with E-state index in [0.717, 1.165) is 18.4 Å². The Morgan fingerprint density at radius 2 is 2.15 bits per heavy atom. The number of aryl methyl sites for hydroxylation is 1. The van der Waals surface area contributed by atoms with E-state index in [9.17, 15) is 4.79 Å². The Morgan fingerprint density at radius 1 is 1.40 bits per heavy atom. The van der Waals surface area contributed by atoms with E-state index in [-0.39, 0.29) is 18.0 Å². The van der Waals surface area contributed by atoms with E-state index >= 15 is 0 Å². The van der Waals surface area contributed by atoms with Crippen molar-refractivity contribution in [2.24, 2.45) is 5.73 Å². The smallest absolute Gasteiger partial charge is 0.223 e. The lowest BCUT2D eigenvalue weighted by Gasteiger charge is -2.34. The van der Waals surface area contributed by atoms with Crippen molar-refractivity contribution in [3.63, 3.8) is 0 Å². The topological polar surface area (TPSA) is 55.6 Å². The second-order valence-corrected chi connectivity index (χ2v) is 5.44. The maximum atomic E-state index is 12.4. The number of hydrogen-bond donors (Lipinski definition) is 1. The lowest BCUT2D eigenvalue weighted by molar-refractivity contribution is -0.134. The summed E-state index contributed by atoms with van der Waals surface area (Å²) in [5.41, 5.74) is 8.71. The molecular weight excluding hydrogens is 252 g/mol. The maximum Gasteiger partial charge on any atom is 0.223 e. The van der Waals surface area contributed by atoms with Crippen LogP contribution < -0.4 is 5.73 Å². The number of likely N-dealkylation sites (tertiary alicyclic amines) is 1. The number of benzene rings is 1. The molecule has 0 aromatic heterocycles. The van der Waals surface area contributed by atoms with Gasteiger partial charge in [-0.15, -0.1) is 0 Å². The van der Waals surface area contributed by atoms with E-state index in [1.54, 1.807) is 7.11 Å². The SMILES string of the molecule is COCCN1C(=O)CCCC(N)C1c1ccccc1C. The van der Waals surface area contributed by atoms with Gasteiger partial charge in [0, 0.05) is 26.1 Å². The molecular formula is C16H24N2O2. The number of nitrogens with two attached hydrogens (primary N) is 1. The maximum absolute atomic E-state index is 12.4. The van der Waals surface area contributed by atoms with Gasteiger partial charge in [-0.3, -0.25) is 4.79 Å². The molecule has 0 aliphatic carbocycles. The number of nitrogens with zero attached hydrogens (tertiary/aromatic N) is 1. The minimum atomic E-state index is -0.0404. The Hall–Kier alpha value is -1.39. The summed E-state index contributed by atoms with van der Waals surface area (Å²) >= 11 is 0. The predicted molar refractivity (Wildman–Crippen MR) is 79.3 cm³/mol. The van der Waals surface area contributed by atoms with Crippen molar-refractivity contribution in [1.29, 1.82) is 0 Å². The van der Waals surface area contributed by atoms with Crippen LogP contribution in [-0.4, -0.2) is 37.1 Å². The van der Waals surface area contributed by atoms with Gasteiger partial charge in [0.05, 0.1) is 12.6 Å². The monoisotopic (exact) mass is 276 g/mol. The van der Waals surface area contributed by atoms with Crippen LogP contribution in [0.3, 0.4) is 0 Å². The average molecular weight is 276 g/mol. The third-order valence-corrected chi connectivity index (χ3v) is 4.03. The number of ether oxygens (including phenoxy) is 1. The number of carbonyl (C=O) groups excluding carboxylic acids is 1. The normalized spacial score (nSPS) is 23.8. The molecule has 4 nitrogen and oxygen atoms in total. The molecule has 2 unspecified atom stereocenters. The van der Waals surface area contributed by atoms with Gasteiger partial charge in [0.2, 0.25) is 5.91 Å². The van der Waals surface area contributed by atoms with Crippen LogP contribution in [-0.2, 0) is 9.53 Å². The number of rotatable bonds is 4. The first kappa shape index (κ1) is 15.0. The van der Waals surface area contributed by atoms with Crippen LogP contribution in [0.4, 0.5) is 0 Å². The molecule has 2 N–H and O–H groups in total. The standard InChI is InChI=1S/C16H24N2O2/c1-12-6-3-4-7-13(12)16-14(17)8-5-9-15(19)18(16)10-11-20-2/h3-4,6-7,14,16H,5,8-11,17H2,1-2H3. The lowest BCUT2D eigenvalue weighted by Crippen LogP contribution is -2.43. The van der Waals surface area contributed by atoms with Crippen molar-refractivity contribution >= 4 is 5.91 Å². The van der Waals surface area contributed by atoms with Gasteiger partial charge in [-0.2, -0.15) is 0 Å². The third kappa shape index (κ3) is 3.19. The molecule has 2 rings (SSSR count). The molecule has 0 saturated carbocycles. The fraction of sp³-hybridized carbons (Fsp3) is 0.562. The zero-order valence-corrected chi connectivity index (χ0v) is 12.3. The molecule has 1 aromatic rings. The summed E-state index contributed by atoms with van der Waals surface area (Å²) in [5, 5.41) is 0. The van der Waals surface area contributed by atoms with Crippen LogP contribution in [0.5, 0.6) is 0 Å². The first-order valence-corrected chi connectivity index (χ1v) is 7.24. The molecule has 20 heavy (non-hydrogen) atoms. The summed E-state index contributed by atoms with van der Waals surface area (Å²) in [6, 6.07) is 8.13. The van der Waals surface area contributed by atoms with Crippen molar-refractivity contribution in [1.82, 2.24) is 4.90 Å². The van der Waals surface area contributed by atoms with E-state index in [4.69, 9.17) is 10.5 Å².